The maximum absolute atomic E-state index is 13.2. The van der Waals surface area contributed by atoms with E-state index in [0.29, 0.717) is 20.8 Å². The van der Waals surface area contributed by atoms with Gasteiger partial charge in [0.15, 0.2) is 5.76 Å². The van der Waals surface area contributed by atoms with E-state index < -0.39 is 0 Å². The molecule has 8 heteroatoms. The molecule has 106 valence electrons. The van der Waals surface area contributed by atoms with Crippen LogP contribution in [0.25, 0.3) is 11.6 Å². The quantitative estimate of drug-likeness (QED) is 0.563. The molecule has 0 amide bonds. The predicted molar refractivity (Wildman–Crippen MR) is 82.2 cm³/mol. The largest absolute Gasteiger partial charge is 0.461 e. The standard InChI is InChI=1S/C13H8BrFN4OS/c14-9-6-8(3-4-10(9)15)7-16-19-12(17-18-13(19)21)11-2-1-5-20-11/h1-7H,(H,18,21)/b16-7-. The minimum absolute atomic E-state index is 0.330. The molecule has 0 unspecified atom stereocenters. The van der Waals surface area contributed by atoms with E-state index in [0.717, 1.165) is 5.56 Å². The topological polar surface area (TPSA) is 59.1 Å². The van der Waals surface area contributed by atoms with Crippen LogP contribution < -0.4 is 0 Å². The van der Waals surface area contributed by atoms with Crippen molar-refractivity contribution in [3.05, 3.63) is 57.2 Å². The average Bonchev–Trinajstić information content (AvgIpc) is 3.10. The third kappa shape index (κ3) is 2.86. The molecule has 0 aliphatic rings. The van der Waals surface area contributed by atoms with Crippen molar-refractivity contribution in [3.8, 4) is 11.6 Å². The highest BCUT2D eigenvalue weighted by Gasteiger charge is 2.10. The van der Waals surface area contributed by atoms with E-state index in [1.54, 1.807) is 30.5 Å². The zero-order valence-electron chi connectivity index (χ0n) is 10.5. The molecular formula is C13H8BrFN4OS. The highest BCUT2D eigenvalue weighted by atomic mass is 79.9. The number of furan rings is 1. The summed E-state index contributed by atoms with van der Waals surface area (Å²) in [6.07, 6.45) is 3.10. The van der Waals surface area contributed by atoms with Crippen LogP contribution in [0.2, 0.25) is 0 Å². The van der Waals surface area contributed by atoms with Gasteiger partial charge in [0.2, 0.25) is 10.6 Å². The van der Waals surface area contributed by atoms with Gasteiger partial charge >= 0.3 is 0 Å². The zero-order chi connectivity index (χ0) is 14.8. The summed E-state index contributed by atoms with van der Waals surface area (Å²) in [5.74, 6) is 0.672. The van der Waals surface area contributed by atoms with Gasteiger partial charge in [0, 0.05) is 0 Å². The first-order chi connectivity index (χ1) is 10.1. The highest BCUT2D eigenvalue weighted by Crippen LogP contribution is 2.18. The summed E-state index contributed by atoms with van der Waals surface area (Å²) in [6, 6.07) is 8.09. The lowest BCUT2D eigenvalue weighted by molar-refractivity contribution is 0.573. The van der Waals surface area contributed by atoms with Crippen molar-refractivity contribution in [3.63, 3.8) is 0 Å². The smallest absolute Gasteiger partial charge is 0.219 e. The Morgan fingerprint density at radius 2 is 2.29 bits per heavy atom. The molecule has 0 atom stereocenters. The minimum atomic E-state index is -0.330. The van der Waals surface area contributed by atoms with E-state index >= 15 is 0 Å². The fraction of sp³-hybridized carbons (Fsp3) is 0. The molecule has 5 nitrogen and oxygen atoms in total. The van der Waals surface area contributed by atoms with E-state index in [4.69, 9.17) is 16.6 Å². The van der Waals surface area contributed by atoms with Crippen LogP contribution in [0.1, 0.15) is 5.56 Å². The van der Waals surface area contributed by atoms with Gasteiger partial charge in [-0.05, 0) is 58.0 Å². The van der Waals surface area contributed by atoms with E-state index in [9.17, 15) is 4.39 Å². The molecule has 0 aliphatic carbocycles. The molecule has 0 bridgehead atoms. The first kappa shape index (κ1) is 13.9. The second kappa shape index (κ2) is 5.74. The second-order valence-corrected chi connectivity index (χ2v) is 5.30. The molecule has 0 aliphatic heterocycles. The fourth-order valence-corrected chi connectivity index (χ4v) is 2.26. The van der Waals surface area contributed by atoms with Crippen LogP contribution in [0, 0.1) is 10.6 Å². The summed E-state index contributed by atoms with van der Waals surface area (Å²) in [5.41, 5.74) is 0.719. The summed E-state index contributed by atoms with van der Waals surface area (Å²) in [5, 5.41) is 11.0. The lowest BCUT2D eigenvalue weighted by atomic mass is 10.2. The summed E-state index contributed by atoms with van der Waals surface area (Å²) in [6.45, 7) is 0. The van der Waals surface area contributed by atoms with E-state index in [1.165, 1.54) is 17.0 Å². The van der Waals surface area contributed by atoms with Crippen LogP contribution in [-0.2, 0) is 0 Å². The van der Waals surface area contributed by atoms with Gasteiger partial charge in [-0.25, -0.2) is 9.49 Å². The maximum atomic E-state index is 13.2. The van der Waals surface area contributed by atoms with Crippen LogP contribution in [0.4, 0.5) is 4.39 Å². The number of benzene rings is 1. The van der Waals surface area contributed by atoms with Gasteiger partial charge in [-0.2, -0.15) is 9.78 Å². The van der Waals surface area contributed by atoms with Gasteiger partial charge in [-0.1, -0.05) is 6.07 Å². The Morgan fingerprint density at radius 3 is 3.00 bits per heavy atom. The number of aromatic nitrogens is 3. The summed E-state index contributed by atoms with van der Waals surface area (Å²) in [4.78, 5) is 0. The minimum Gasteiger partial charge on any atom is -0.461 e. The number of nitrogens with zero attached hydrogens (tertiary/aromatic N) is 3. The lowest BCUT2D eigenvalue weighted by Gasteiger charge is -1.98. The van der Waals surface area contributed by atoms with Crippen LogP contribution >= 0.6 is 28.1 Å². The molecule has 0 saturated heterocycles. The first-order valence-corrected chi connectivity index (χ1v) is 7.06. The Hall–Kier alpha value is -2.06. The highest BCUT2D eigenvalue weighted by molar-refractivity contribution is 9.10. The molecule has 21 heavy (non-hydrogen) atoms. The summed E-state index contributed by atoms with van der Waals surface area (Å²) >= 11 is 8.26. The Bertz CT molecular complexity index is 853. The number of nitrogens with one attached hydrogen (secondary N) is 1. The van der Waals surface area contributed by atoms with Gasteiger partial charge in [0.25, 0.3) is 0 Å². The number of halogens is 2. The lowest BCUT2D eigenvalue weighted by Crippen LogP contribution is -1.94. The van der Waals surface area contributed by atoms with Gasteiger partial charge < -0.3 is 4.42 Å². The molecule has 1 aromatic carbocycles. The normalized spacial score (nSPS) is 11.3. The third-order valence-corrected chi connectivity index (χ3v) is 3.53. The molecule has 3 rings (SSSR count). The number of aromatic amines is 1. The fourth-order valence-electron chi connectivity index (χ4n) is 1.68. The first-order valence-electron chi connectivity index (χ1n) is 5.86. The van der Waals surface area contributed by atoms with Crippen molar-refractivity contribution >= 4 is 34.4 Å². The van der Waals surface area contributed by atoms with Crippen molar-refractivity contribution in [1.82, 2.24) is 14.9 Å². The van der Waals surface area contributed by atoms with Crippen LogP contribution in [0.15, 0.2) is 50.6 Å². The number of hydrogen-bond donors (Lipinski definition) is 1. The Labute approximate surface area is 132 Å². The van der Waals surface area contributed by atoms with Crippen molar-refractivity contribution < 1.29 is 8.81 Å². The van der Waals surface area contributed by atoms with Crippen molar-refractivity contribution in [1.29, 1.82) is 0 Å². The van der Waals surface area contributed by atoms with Crippen molar-refractivity contribution in [2.45, 2.75) is 0 Å². The molecule has 0 spiro atoms. The Balaban J connectivity index is 1.98. The zero-order valence-corrected chi connectivity index (χ0v) is 12.9. The number of hydrogen-bond acceptors (Lipinski definition) is 4. The van der Waals surface area contributed by atoms with E-state index in [-0.39, 0.29) is 5.82 Å². The molecule has 2 heterocycles. The molecule has 1 N–H and O–H groups in total. The van der Waals surface area contributed by atoms with Crippen molar-refractivity contribution in [2.24, 2.45) is 5.10 Å². The number of H-pyrrole nitrogens is 1. The van der Waals surface area contributed by atoms with E-state index in [1.807, 2.05) is 0 Å². The molecule has 0 saturated carbocycles. The van der Waals surface area contributed by atoms with Crippen molar-refractivity contribution in [2.75, 3.05) is 0 Å². The monoisotopic (exact) mass is 366 g/mol. The Morgan fingerprint density at radius 1 is 1.43 bits per heavy atom. The van der Waals surface area contributed by atoms with E-state index in [2.05, 4.69) is 31.2 Å². The third-order valence-electron chi connectivity index (χ3n) is 2.66. The second-order valence-electron chi connectivity index (χ2n) is 4.06. The summed E-state index contributed by atoms with van der Waals surface area (Å²) in [7, 11) is 0. The average molecular weight is 367 g/mol. The molecular weight excluding hydrogens is 359 g/mol. The van der Waals surface area contributed by atoms with Gasteiger partial charge in [-0.3, -0.25) is 0 Å². The van der Waals surface area contributed by atoms with Gasteiger partial charge in [0.1, 0.15) is 5.82 Å². The maximum Gasteiger partial charge on any atom is 0.219 e. The van der Waals surface area contributed by atoms with Gasteiger partial charge in [-0.15, -0.1) is 5.10 Å². The summed E-state index contributed by atoms with van der Waals surface area (Å²) < 4.78 is 20.6. The molecule has 2 aromatic heterocycles. The van der Waals surface area contributed by atoms with Gasteiger partial charge in [0.05, 0.1) is 17.0 Å². The number of rotatable bonds is 3. The SMILES string of the molecule is Fc1ccc(/C=N\n2c(-c3ccco3)n[nH]c2=S)cc1Br. The molecule has 3 aromatic rings. The van der Waals surface area contributed by atoms with Crippen LogP contribution in [-0.4, -0.2) is 21.1 Å². The Kier molecular flexibility index (Phi) is 3.80. The van der Waals surface area contributed by atoms with Crippen LogP contribution in [0.5, 0.6) is 0 Å². The van der Waals surface area contributed by atoms with Crippen LogP contribution in [0.3, 0.4) is 0 Å². The molecule has 0 radical (unpaired) electrons. The predicted octanol–water partition coefficient (Wildman–Crippen LogP) is 3.98. The molecule has 0 fully saturated rings.